The maximum Gasteiger partial charge on any atom is 0.258 e. The molecule has 1 aliphatic heterocycles. The molecule has 0 saturated carbocycles. The Balaban J connectivity index is 1.53. The summed E-state index contributed by atoms with van der Waals surface area (Å²) >= 11 is 0. The van der Waals surface area contributed by atoms with Crippen molar-refractivity contribution in [2.24, 2.45) is 0 Å². The molecule has 4 heteroatoms. The maximum atomic E-state index is 13.5. The molecule has 0 aromatic heterocycles. The SMILES string of the molecule is COc1cccc(N(C(=O)c2ccccc2)C2CCN(Cc3cccc(C)c3)CC2)c1. The Hall–Kier alpha value is -3.11. The van der Waals surface area contributed by atoms with E-state index in [4.69, 9.17) is 4.74 Å². The minimum absolute atomic E-state index is 0.0472. The van der Waals surface area contributed by atoms with Gasteiger partial charge in [-0.2, -0.15) is 0 Å². The standard InChI is InChI=1S/C27H30N2O2/c1-21-8-6-9-22(18-21)20-28-16-14-24(15-17-28)29(25-12-7-13-26(19-25)31-2)27(30)23-10-4-3-5-11-23/h3-13,18-19,24H,14-17,20H2,1-2H3. The second kappa shape index (κ2) is 9.80. The van der Waals surface area contributed by atoms with Gasteiger partial charge in [0.05, 0.1) is 7.11 Å². The lowest BCUT2D eigenvalue weighted by Gasteiger charge is -2.38. The second-order valence-corrected chi connectivity index (χ2v) is 8.24. The molecule has 0 N–H and O–H groups in total. The first-order chi connectivity index (χ1) is 15.1. The van der Waals surface area contributed by atoms with Crippen LogP contribution in [0.25, 0.3) is 0 Å². The smallest absolute Gasteiger partial charge is 0.258 e. The molecule has 31 heavy (non-hydrogen) atoms. The number of likely N-dealkylation sites (tertiary alicyclic amines) is 1. The van der Waals surface area contributed by atoms with E-state index in [1.165, 1.54) is 11.1 Å². The first kappa shape index (κ1) is 21.1. The molecule has 4 nitrogen and oxygen atoms in total. The highest BCUT2D eigenvalue weighted by atomic mass is 16.5. The van der Waals surface area contributed by atoms with Crippen molar-refractivity contribution >= 4 is 11.6 Å². The highest BCUT2D eigenvalue weighted by Gasteiger charge is 2.30. The van der Waals surface area contributed by atoms with Crippen LogP contribution in [0.15, 0.2) is 78.9 Å². The molecule has 1 aliphatic rings. The number of hydrogen-bond donors (Lipinski definition) is 0. The molecule has 1 heterocycles. The number of piperidine rings is 1. The van der Waals surface area contributed by atoms with Gasteiger partial charge in [0.1, 0.15) is 5.75 Å². The Morgan fingerprint density at radius 1 is 0.968 bits per heavy atom. The molecule has 1 amide bonds. The minimum atomic E-state index is 0.0472. The number of amides is 1. The third kappa shape index (κ3) is 5.15. The highest BCUT2D eigenvalue weighted by molar-refractivity contribution is 6.06. The molecule has 0 unspecified atom stereocenters. The van der Waals surface area contributed by atoms with Crippen LogP contribution in [-0.4, -0.2) is 37.0 Å². The average Bonchev–Trinajstić information content (AvgIpc) is 2.81. The van der Waals surface area contributed by atoms with E-state index in [0.29, 0.717) is 5.56 Å². The van der Waals surface area contributed by atoms with Crippen molar-refractivity contribution in [1.29, 1.82) is 0 Å². The summed E-state index contributed by atoms with van der Waals surface area (Å²) in [5.41, 5.74) is 4.26. The maximum absolute atomic E-state index is 13.5. The van der Waals surface area contributed by atoms with Gasteiger partial charge in [0.2, 0.25) is 0 Å². The number of ether oxygens (including phenoxy) is 1. The number of nitrogens with zero attached hydrogens (tertiary/aromatic N) is 2. The highest BCUT2D eigenvalue weighted by Crippen LogP contribution is 2.29. The van der Waals surface area contributed by atoms with E-state index in [1.54, 1.807) is 7.11 Å². The summed E-state index contributed by atoms with van der Waals surface area (Å²) in [5.74, 6) is 0.811. The summed E-state index contributed by atoms with van der Waals surface area (Å²) in [5, 5.41) is 0. The van der Waals surface area contributed by atoms with Crippen molar-refractivity contribution in [3.8, 4) is 5.75 Å². The largest absolute Gasteiger partial charge is 0.497 e. The molecule has 3 aromatic rings. The summed E-state index contributed by atoms with van der Waals surface area (Å²) in [6.07, 6.45) is 1.89. The number of methoxy groups -OCH3 is 1. The first-order valence-corrected chi connectivity index (χ1v) is 10.9. The van der Waals surface area contributed by atoms with Crippen LogP contribution in [0.4, 0.5) is 5.69 Å². The number of carbonyl (C=O) groups excluding carboxylic acids is 1. The summed E-state index contributed by atoms with van der Waals surface area (Å²) < 4.78 is 5.42. The van der Waals surface area contributed by atoms with Gasteiger partial charge in [0.25, 0.3) is 5.91 Å². The Labute approximate surface area is 185 Å². The number of hydrogen-bond acceptors (Lipinski definition) is 3. The van der Waals surface area contributed by atoms with Crippen LogP contribution in [-0.2, 0) is 6.54 Å². The number of aryl methyl sites for hydroxylation is 1. The molecule has 4 rings (SSSR count). The normalized spacial score (nSPS) is 14.9. The van der Waals surface area contributed by atoms with Gasteiger partial charge < -0.3 is 9.64 Å². The van der Waals surface area contributed by atoms with Crippen LogP contribution < -0.4 is 9.64 Å². The molecule has 160 valence electrons. The van der Waals surface area contributed by atoms with Crippen molar-refractivity contribution in [1.82, 2.24) is 4.90 Å². The van der Waals surface area contributed by atoms with Gasteiger partial charge in [-0.15, -0.1) is 0 Å². The zero-order valence-electron chi connectivity index (χ0n) is 18.3. The zero-order valence-corrected chi connectivity index (χ0v) is 18.3. The van der Waals surface area contributed by atoms with E-state index < -0.39 is 0 Å². The predicted molar refractivity (Wildman–Crippen MR) is 126 cm³/mol. The van der Waals surface area contributed by atoms with E-state index in [2.05, 4.69) is 36.1 Å². The van der Waals surface area contributed by atoms with Crippen LogP contribution in [0.3, 0.4) is 0 Å². The molecular formula is C27H30N2O2. The summed E-state index contributed by atoms with van der Waals surface area (Å²) in [6, 6.07) is 26.3. The van der Waals surface area contributed by atoms with Crippen molar-refractivity contribution in [2.75, 3.05) is 25.1 Å². The number of rotatable bonds is 6. The fourth-order valence-corrected chi connectivity index (χ4v) is 4.38. The Morgan fingerprint density at radius 3 is 2.42 bits per heavy atom. The molecular weight excluding hydrogens is 384 g/mol. The van der Waals surface area contributed by atoms with E-state index in [0.717, 1.165) is 43.9 Å². The third-order valence-corrected chi connectivity index (χ3v) is 5.98. The second-order valence-electron chi connectivity index (χ2n) is 8.24. The lowest BCUT2D eigenvalue weighted by molar-refractivity contribution is 0.0958. The third-order valence-electron chi connectivity index (χ3n) is 5.98. The lowest BCUT2D eigenvalue weighted by atomic mass is 10.00. The molecule has 0 aliphatic carbocycles. The fraction of sp³-hybridized carbons (Fsp3) is 0.296. The van der Waals surface area contributed by atoms with Crippen molar-refractivity contribution in [2.45, 2.75) is 32.4 Å². The molecule has 0 bridgehead atoms. The van der Waals surface area contributed by atoms with Gasteiger partial charge in [0, 0.05) is 43.0 Å². The van der Waals surface area contributed by atoms with Crippen molar-refractivity contribution in [3.05, 3.63) is 95.6 Å². The van der Waals surface area contributed by atoms with Crippen LogP contribution >= 0.6 is 0 Å². The summed E-state index contributed by atoms with van der Waals surface area (Å²) in [7, 11) is 1.66. The Bertz CT molecular complexity index is 1010. The lowest BCUT2D eigenvalue weighted by Crippen LogP contribution is -2.47. The fourth-order valence-electron chi connectivity index (χ4n) is 4.38. The minimum Gasteiger partial charge on any atom is -0.497 e. The Kier molecular flexibility index (Phi) is 6.68. The Morgan fingerprint density at radius 2 is 1.71 bits per heavy atom. The number of anilines is 1. The summed E-state index contributed by atoms with van der Waals surface area (Å²) in [4.78, 5) is 18.0. The van der Waals surface area contributed by atoms with Gasteiger partial charge in [-0.1, -0.05) is 54.1 Å². The first-order valence-electron chi connectivity index (χ1n) is 10.9. The molecule has 0 spiro atoms. The molecule has 0 radical (unpaired) electrons. The van der Waals surface area contributed by atoms with Crippen molar-refractivity contribution < 1.29 is 9.53 Å². The quantitative estimate of drug-likeness (QED) is 0.548. The van der Waals surface area contributed by atoms with Crippen LogP contribution in [0.1, 0.15) is 34.3 Å². The zero-order chi connectivity index (χ0) is 21.6. The van der Waals surface area contributed by atoms with Crippen LogP contribution in [0.5, 0.6) is 5.75 Å². The van der Waals surface area contributed by atoms with Gasteiger partial charge >= 0.3 is 0 Å². The van der Waals surface area contributed by atoms with Gasteiger partial charge in [-0.25, -0.2) is 0 Å². The van der Waals surface area contributed by atoms with E-state index in [1.807, 2.05) is 59.5 Å². The van der Waals surface area contributed by atoms with E-state index in [9.17, 15) is 4.79 Å². The van der Waals surface area contributed by atoms with Crippen molar-refractivity contribution in [3.63, 3.8) is 0 Å². The van der Waals surface area contributed by atoms with Gasteiger partial charge in [-0.05, 0) is 49.6 Å². The van der Waals surface area contributed by atoms with Crippen LogP contribution in [0.2, 0.25) is 0 Å². The molecule has 1 fully saturated rings. The monoisotopic (exact) mass is 414 g/mol. The predicted octanol–water partition coefficient (Wildman–Crippen LogP) is 5.32. The number of benzene rings is 3. The number of carbonyl (C=O) groups is 1. The van der Waals surface area contributed by atoms with Gasteiger partial charge in [0.15, 0.2) is 0 Å². The van der Waals surface area contributed by atoms with E-state index >= 15 is 0 Å². The molecule has 0 atom stereocenters. The van der Waals surface area contributed by atoms with E-state index in [-0.39, 0.29) is 11.9 Å². The van der Waals surface area contributed by atoms with Crippen LogP contribution in [0, 0.1) is 6.92 Å². The molecule has 3 aromatic carbocycles. The topological polar surface area (TPSA) is 32.8 Å². The summed E-state index contributed by atoms with van der Waals surface area (Å²) in [6.45, 7) is 5.04. The average molecular weight is 415 g/mol. The van der Waals surface area contributed by atoms with Gasteiger partial charge in [-0.3, -0.25) is 9.69 Å². The molecule has 1 saturated heterocycles.